The number of benzene rings is 2. The van der Waals surface area contributed by atoms with Crippen molar-refractivity contribution in [3.05, 3.63) is 65.7 Å². The van der Waals surface area contributed by atoms with E-state index in [2.05, 4.69) is 27.1 Å². The van der Waals surface area contributed by atoms with E-state index in [0.717, 1.165) is 16.7 Å². The first-order chi connectivity index (χ1) is 11.8. The van der Waals surface area contributed by atoms with Gasteiger partial charge in [0.15, 0.2) is 0 Å². The zero-order chi connectivity index (χ0) is 16.8. The maximum absolute atomic E-state index is 13.1. The van der Waals surface area contributed by atoms with Crippen molar-refractivity contribution in [3.63, 3.8) is 0 Å². The van der Waals surface area contributed by atoms with Crippen LogP contribution in [0.3, 0.4) is 0 Å². The molecule has 1 N–H and O–H groups in total. The van der Waals surface area contributed by atoms with Gasteiger partial charge in [-0.05, 0) is 30.3 Å². The second-order valence-corrected chi connectivity index (χ2v) is 5.02. The molecule has 0 spiro atoms. The van der Waals surface area contributed by atoms with E-state index in [1.165, 1.54) is 24.5 Å². The molecule has 116 valence electrons. The molecule has 0 unspecified atom stereocenters. The van der Waals surface area contributed by atoms with Gasteiger partial charge in [-0.2, -0.15) is 5.26 Å². The van der Waals surface area contributed by atoms with Crippen LogP contribution in [-0.4, -0.2) is 16.5 Å². The number of rotatable bonds is 3. The monoisotopic (exact) mass is 316 g/mol. The van der Waals surface area contributed by atoms with Crippen molar-refractivity contribution in [2.45, 2.75) is 6.42 Å². The lowest BCUT2D eigenvalue weighted by Crippen LogP contribution is -2.03. The lowest BCUT2D eigenvalue weighted by atomic mass is 10.1. The molecule has 0 aliphatic carbocycles. The third-order valence-corrected chi connectivity index (χ3v) is 3.41. The topological polar surface area (TPSA) is 61.6 Å². The number of nitrogens with one attached hydrogen (secondary N) is 1. The van der Waals surface area contributed by atoms with E-state index in [-0.39, 0.29) is 5.56 Å². The molecular weight excluding hydrogens is 303 g/mol. The first-order valence-electron chi connectivity index (χ1n) is 7.40. The highest BCUT2D eigenvalue weighted by molar-refractivity contribution is 5.88. The first-order valence-corrected chi connectivity index (χ1v) is 7.40. The second kappa shape index (κ2) is 7.21. The Bertz CT molecular complexity index is 975. The van der Waals surface area contributed by atoms with E-state index < -0.39 is 5.82 Å². The van der Waals surface area contributed by atoms with Gasteiger partial charge in [0.1, 0.15) is 24.0 Å². The highest BCUT2D eigenvalue weighted by Gasteiger charge is 2.02. The molecule has 0 atom stereocenters. The van der Waals surface area contributed by atoms with Crippen molar-refractivity contribution < 1.29 is 4.39 Å². The van der Waals surface area contributed by atoms with Gasteiger partial charge in [-0.15, -0.1) is 0 Å². The molecule has 1 aromatic heterocycles. The van der Waals surface area contributed by atoms with E-state index in [0.29, 0.717) is 18.5 Å². The number of aromatic nitrogens is 2. The highest BCUT2D eigenvalue weighted by Crippen LogP contribution is 2.18. The van der Waals surface area contributed by atoms with Crippen molar-refractivity contribution in [2.24, 2.45) is 0 Å². The average Bonchev–Trinajstić information content (AvgIpc) is 2.62. The van der Waals surface area contributed by atoms with Crippen LogP contribution in [0.1, 0.15) is 17.5 Å². The molecule has 1 heterocycles. The molecule has 5 heteroatoms. The number of nitrogens with zero attached hydrogens (tertiary/aromatic N) is 3. The van der Waals surface area contributed by atoms with E-state index in [9.17, 15) is 4.39 Å². The third kappa shape index (κ3) is 3.48. The Morgan fingerprint density at radius 2 is 1.96 bits per heavy atom. The van der Waals surface area contributed by atoms with E-state index in [1.807, 2.05) is 30.3 Å². The lowest BCUT2D eigenvalue weighted by Gasteiger charge is -2.06. The van der Waals surface area contributed by atoms with Crippen molar-refractivity contribution in [1.82, 2.24) is 9.97 Å². The maximum atomic E-state index is 13.1. The molecular formula is C19H13FN4. The molecule has 24 heavy (non-hydrogen) atoms. The van der Waals surface area contributed by atoms with E-state index >= 15 is 0 Å². The van der Waals surface area contributed by atoms with Gasteiger partial charge >= 0.3 is 0 Å². The standard InChI is InChI=1S/C19H13FN4/c20-16-9-8-14(15(11-16)12-21)5-3-4-10-22-19-17-6-1-2-7-18(17)23-13-24-19/h1-2,6-9,11,13H,4,10H2,(H,22,23,24). The molecule has 4 nitrogen and oxygen atoms in total. The highest BCUT2D eigenvalue weighted by atomic mass is 19.1. The van der Waals surface area contributed by atoms with Crippen molar-refractivity contribution >= 4 is 16.7 Å². The Labute approximate surface area is 139 Å². The number of hydrogen-bond donors (Lipinski definition) is 1. The number of nitriles is 1. The molecule has 2 aromatic carbocycles. The summed E-state index contributed by atoms with van der Waals surface area (Å²) in [7, 11) is 0. The van der Waals surface area contributed by atoms with E-state index in [4.69, 9.17) is 5.26 Å². The zero-order valence-corrected chi connectivity index (χ0v) is 12.8. The Hall–Kier alpha value is -3.44. The fourth-order valence-electron chi connectivity index (χ4n) is 2.26. The summed E-state index contributed by atoms with van der Waals surface area (Å²) in [6.45, 7) is 0.608. The molecule has 3 rings (SSSR count). The molecule has 0 saturated carbocycles. The van der Waals surface area contributed by atoms with Crippen LogP contribution in [0, 0.1) is 29.0 Å². The Kier molecular flexibility index (Phi) is 4.65. The minimum absolute atomic E-state index is 0.247. The first kappa shape index (κ1) is 15.5. The van der Waals surface area contributed by atoms with Crippen molar-refractivity contribution in [3.8, 4) is 17.9 Å². The van der Waals surface area contributed by atoms with Gasteiger partial charge in [0, 0.05) is 23.9 Å². The normalized spacial score (nSPS) is 9.83. The summed E-state index contributed by atoms with van der Waals surface area (Å²) in [6.07, 6.45) is 2.09. The number of halogens is 1. The second-order valence-electron chi connectivity index (χ2n) is 5.02. The molecule has 3 aromatic rings. The van der Waals surface area contributed by atoms with Crippen LogP contribution in [0.4, 0.5) is 10.2 Å². The summed E-state index contributed by atoms with van der Waals surface area (Å²) in [5, 5.41) is 13.2. The van der Waals surface area contributed by atoms with Crippen LogP contribution in [-0.2, 0) is 0 Å². The summed E-state index contributed by atoms with van der Waals surface area (Å²) in [5.41, 5.74) is 1.66. The maximum Gasteiger partial charge on any atom is 0.137 e. The van der Waals surface area contributed by atoms with E-state index in [1.54, 1.807) is 0 Å². The SMILES string of the molecule is N#Cc1cc(F)ccc1C#CCCNc1ncnc2ccccc12. The molecule has 0 bridgehead atoms. The van der Waals surface area contributed by atoms with Crippen LogP contribution in [0.15, 0.2) is 48.8 Å². The Morgan fingerprint density at radius 3 is 2.83 bits per heavy atom. The summed E-state index contributed by atoms with van der Waals surface area (Å²) in [6, 6.07) is 13.7. The largest absolute Gasteiger partial charge is 0.368 e. The molecule has 0 fully saturated rings. The number of fused-ring (bicyclic) bond motifs is 1. The Morgan fingerprint density at radius 1 is 1.08 bits per heavy atom. The summed E-state index contributed by atoms with van der Waals surface area (Å²) >= 11 is 0. The molecule has 0 aliphatic rings. The van der Waals surface area contributed by atoms with Crippen molar-refractivity contribution in [2.75, 3.05) is 11.9 Å². The van der Waals surface area contributed by atoms with Crippen LogP contribution < -0.4 is 5.32 Å². The molecule has 0 aliphatic heterocycles. The van der Waals surface area contributed by atoms with Gasteiger partial charge in [-0.25, -0.2) is 14.4 Å². The van der Waals surface area contributed by atoms with Crippen LogP contribution in [0.5, 0.6) is 0 Å². The molecule has 0 radical (unpaired) electrons. The summed E-state index contributed by atoms with van der Waals surface area (Å²) < 4.78 is 13.1. The fraction of sp³-hybridized carbons (Fsp3) is 0.105. The predicted octanol–water partition coefficient (Wildman–Crippen LogP) is 3.49. The van der Waals surface area contributed by atoms with Crippen LogP contribution in [0.2, 0.25) is 0 Å². The van der Waals surface area contributed by atoms with Gasteiger partial charge < -0.3 is 5.32 Å². The smallest absolute Gasteiger partial charge is 0.137 e. The number of anilines is 1. The minimum Gasteiger partial charge on any atom is -0.368 e. The third-order valence-electron chi connectivity index (χ3n) is 3.41. The van der Waals surface area contributed by atoms with Crippen molar-refractivity contribution in [1.29, 1.82) is 5.26 Å². The summed E-state index contributed by atoms with van der Waals surface area (Å²) in [4.78, 5) is 8.46. The van der Waals surface area contributed by atoms with Gasteiger partial charge in [0.25, 0.3) is 0 Å². The quantitative estimate of drug-likeness (QED) is 0.593. The van der Waals surface area contributed by atoms with Gasteiger partial charge in [-0.1, -0.05) is 24.0 Å². The number of hydrogen-bond acceptors (Lipinski definition) is 4. The Balaban J connectivity index is 1.65. The predicted molar refractivity (Wildman–Crippen MR) is 90.6 cm³/mol. The zero-order valence-electron chi connectivity index (χ0n) is 12.8. The van der Waals surface area contributed by atoms with Gasteiger partial charge in [-0.3, -0.25) is 0 Å². The van der Waals surface area contributed by atoms with Crippen LogP contribution >= 0.6 is 0 Å². The fourth-order valence-corrected chi connectivity index (χ4v) is 2.26. The summed E-state index contributed by atoms with van der Waals surface area (Å²) in [5.74, 6) is 6.22. The lowest BCUT2D eigenvalue weighted by molar-refractivity contribution is 0.627. The van der Waals surface area contributed by atoms with Gasteiger partial charge in [0.2, 0.25) is 0 Å². The minimum atomic E-state index is -0.436. The molecule has 0 saturated heterocycles. The molecule has 0 amide bonds. The number of para-hydroxylation sites is 1. The van der Waals surface area contributed by atoms with Gasteiger partial charge in [0.05, 0.1) is 11.1 Å². The van der Waals surface area contributed by atoms with Crippen LogP contribution in [0.25, 0.3) is 10.9 Å². The average molecular weight is 316 g/mol.